The average Bonchev–Trinajstić information content (AvgIpc) is 2.74. The van der Waals surface area contributed by atoms with Crippen LogP contribution >= 0.6 is 0 Å². The van der Waals surface area contributed by atoms with E-state index in [1.165, 1.54) is 6.92 Å². The Labute approximate surface area is 173 Å². The van der Waals surface area contributed by atoms with Crippen molar-refractivity contribution >= 4 is 11.9 Å². The molecule has 6 heteroatoms. The Balaban J connectivity index is 1.75. The van der Waals surface area contributed by atoms with Gasteiger partial charge in [0, 0.05) is 19.2 Å². The van der Waals surface area contributed by atoms with Crippen LogP contribution in [0.3, 0.4) is 0 Å². The van der Waals surface area contributed by atoms with Crippen molar-refractivity contribution in [3.05, 3.63) is 107 Å². The Kier molecular flexibility index (Phi) is 6.91. The van der Waals surface area contributed by atoms with Gasteiger partial charge in [-0.2, -0.15) is 0 Å². The zero-order valence-corrected chi connectivity index (χ0v) is 16.4. The molecule has 0 saturated heterocycles. The first-order valence-electron chi connectivity index (χ1n) is 9.46. The van der Waals surface area contributed by atoms with E-state index in [1.54, 1.807) is 4.90 Å². The maximum atomic E-state index is 13.8. The number of carbonyl (C=O) groups is 2. The van der Waals surface area contributed by atoms with E-state index >= 15 is 0 Å². The van der Waals surface area contributed by atoms with Crippen LogP contribution in [0.15, 0.2) is 78.9 Å². The number of benzene rings is 3. The number of carbonyl (C=O) groups excluding carboxylic acids is 2. The van der Waals surface area contributed by atoms with E-state index < -0.39 is 35.2 Å². The summed E-state index contributed by atoms with van der Waals surface area (Å²) < 4.78 is 32.1. The third-order valence-electron chi connectivity index (χ3n) is 4.53. The van der Waals surface area contributed by atoms with Gasteiger partial charge in [0.1, 0.15) is 11.6 Å². The van der Waals surface area contributed by atoms with Crippen molar-refractivity contribution in [3.8, 4) is 0 Å². The summed E-state index contributed by atoms with van der Waals surface area (Å²) in [4.78, 5) is 26.9. The average molecular weight is 409 g/mol. The topological polar surface area (TPSA) is 46.6 Å². The molecule has 3 aromatic carbocycles. The summed E-state index contributed by atoms with van der Waals surface area (Å²) in [6, 6.07) is 21.4. The SMILES string of the molecule is CC(OC(=O)c1ccc(F)cc1F)C(=O)N(Cc1ccccc1)Cc1ccccc1. The van der Waals surface area contributed by atoms with Gasteiger partial charge in [-0.05, 0) is 30.2 Å². The Morgan fingerprint density at radius 2 is 1.40 bits per heavy atom. The lowest BCUT2D eigenvalue weighted by Crippen LogP contribution is -2.39. The van der Waals surface area contributed by atoms with Crippen LogP contribution in [0.2, 0.25) is 0 Å². The number of hydrogen-bond donors (Lipinski definition) is 0. The summed E-state index contributed by atoms with van der Waals surface area (Å²) in [6.07, 6.45) is -1.14. The van der Waals surface area contributed by atoms with Crippen molar-refractivity contribution in [1.82, 2.24) is 4.90 Å². The van der Waals surface area contributed by atoms with Crippen LogP contribution in [0.1, 0.15) is 28.4 Å². The van der Waals surface area contributed by atoms with Gasteiger partial charge in [-0.25, -0.2) is 13.6 Å². The Hall–Kier alpha value is -3.54. The molecule has 1 unspecified atom stereocenters. The van der Waals surface area contributed by atoms with Crippen molar-refractivity contribution in [2.24, 2.45) is 0 Å². The summed E-state index contributed by atoms with van der Waals surface area (Å²) in [5.41, 5.74) is 1.42. The van der Waals surface area contributed by atoms with Gasteiger partial charge >= 0.3 is 5.97 Å². The lowest BCUT2D eigenvalue weighted by molar-refractivity contribution is -0.141. The van der Waals surface area contributed by atoms with Crippen LogP contribution in [-0.2, 0) is 22.6 Å². The normalized spacial score (nSPS) is 11.6. The molecule has 0 aromatic heterocycles. The first-order valence-corrected chi connectivity index (χ1v) is 9.46. The molecule has 0 spiro atoms. The summed E-state index contributed by atoms with van der Waals surface area (Å²) >= 11 is 0. The molecule has 154 valence electrons. The van der Waals surface area contributed by atoms with Crippen LogP contribution in [0.4, 0.5) is 8.78 Å². The number of ether oxygens (including phenoxy) is 1. The second-order valence-electron chi connectivity index (χ2n) is 6.84. The molecule has 3 aromatic rings. The van der Waals surface area contributed by atoms with Gasteiger partial charge < -0.3 is 9.64 Å². The fourth-order valence-corrected chi connectivity index (χ4v) is 3.01. The lowest BCUT2D eigenvalue weighted by Gasteiger charge is -2.26. The van der Waals surface area contributed by atoms with Gasteiger partial charge in [-0.3, -0.25) is 4.79 Å². The van der Waals surface area contributed by atoms with Gasteiger partial charge in [-0.15, -0.1) is 0 Å². The predicted octanol–water partition coefficient (Wildman–Crippen LogP) is 4.74. The molecule has 3 rings (SSSR count). The third kappa shape index (κ3) is 5.50. The fraction of sp³-hybridized carbons (Fsp3) is 0.167. The Morgan fingerprint density at radius 3 is 1.90 bits per heavy atom. The zero-order chi connectivity index (χ0) is 21.5. The zero-order valence-electron chi connectivity index (χ0n) is 16.4. The third-order valence-corrected chi connectivity index (χ3v) is 4.53. The minimum atomic E-state index is -1.14. The molecule has 30 heavy (non-hydrogen) atoms. The fourth-order valence-electron chi connectivity index (χ4n) is 3.01. The molecule has 0 saturated carbocycles. The molecule has 1 atom stereocenters. The van der Waals surface area contributed by atoms with Gasteiger partial charge in [0.05, 0.1) is 5.56 Å². The van der Waals surface area contributed by atoms with E-state index in [-0.39, 0.29) is 0 Å². The van der Waals surface area contributed by atoms with Crippen LogP contribution in [0, 0.1) is 11.6 Å². The Morgan fingerprint density at radius 1 is 0.867 bits per heavy atom. The molecule has 0 heterocycles. The van der Waals surface area contributed by atoms with Gasteiger partial charge in [0.25, 0.3) is 5.91 Å². The maximum absolute atomic E-state index is 13.8. The maximum Gasteiger partial charge on any atom is 0.341 e. The summed E-state index contributed by atoms with van der Waals surface area (Å²) in [5, 5.41) is 0. The van der Waals surface area contributed by atoms with E-state index in [9.17, 15) is 18.4 Å². The highest BCUT2D eigenvalue weighted by Crippen LogP contribution is 2.15. The highest BCUT2D eigenvalue weighted by atomic mass is 19.1. The van der Waals surface area contributed by atoms with Gasteiger partial charge in [0.2, 0.25) is 0 Å². The molecule has 4 nitrogen and oxygen atoms in total. The quantitative estimate of drug-likeness (QED) is 0.530. The highest BCUT2D eigenvalue weighted by Gasteiger charge is 2.26. The molecular formula is C24H21F2NO3. The molecule has 0 bridgehead atoms. The number of halogens is 2. The molecular weight excluding hydrogens is 388 g/mol. The standard InChI is InChI=1S/C24H21F2NO3/c1-17(30-24(29)21-13-12-20(25)14-22(21)26)23(28)27(15-18-8-4-2-5-9-18)16-19-10-6-3-7-11-19/h2-14,17H,15-16H2,1H3. The molecule has 1 amide bonds. The number of esters is 1. The number of rotatable bonds is 7. The minimum Gasteiger partial charge on any atom is -0.449 e. The molecule has 0 fully saturated rings. The van der Waals surface area contributed by atoms with E-state index in [0.29, 0.717) is 19.2 Å². The van der Waals surface area contributed by atoms with Crippen LogP contribution in [0.5, 0.6) is 0 Å². The van der Waals surface area contributed by atoms with E-state index in [4.69, 9.17) is 4.74 Å². The highest BCUT2D eigenvalue weighted by molar-refractivity contribution is 5.92. The van der Waals surface area contributed by atoms with E-state index in [1.807, 2.05) is 60.7 Å². The molecule has 0 N–H and O–H groups in total. The second-order valence-corrected chi connectivity index (χ2v) is 6.84. The largest absolute Gasteiger partial charge is 0.449 e. The molecule has 0 radical (unpaired) electrons. The molecule has 0 aliphatic heterocycles. The summed E-state index contributed by atoms with van der Waals surface area (Å²) in [5.74, 6) is -3.28. The van der Waals surface area contributed by atoms with Crippen molar-refractivity contribution in [1.29, 1.82) is 0 Å². The Bertz CT molecular complexity index is 968. The number of hydrogen-bond acceptors (Lipinski definition) is 3. The van der Waals surface area contributed by atoms with Crippen molar-refractivity contribution in [2.45, 2.75) is 26.1 Å². The predicted molar refractivity (Wildman–Crippen MR) is 108 cm³/mol. The minimum absolute atomic E-state index is 0.321. The number of amides is 1. The first kappa shape index (κ1) is 21.2. The molecule has 0 aliphatic rings. The summed E-state index contributed by atoms with van der Waals surface area (Å²) in [7, 11) is 0. The van der Waals surface area contributed by atoms with Gasteiger partial charge in [0.15, 0.2) is 6.10 Å². The van der Waals surface area contributed by atoms with Crippen molar-refractivity contribution < 1.29 is 23.1 Å². The first-order chi connectivity index (χ1) is 14.4. The van der Waals surface area contributed by atoms with Crippen molar-refractivity contribution in [3.63, 3.8) is 0 Å². The second kappa shape index (κ2) is 9.78. The monoisotopic (exact) mass is 409 g/mol. The van der Waals surface area contributed by atoms with E-state index in [0.717, 1.165) is 23.3 Å². The van der Waals surface area contributed by atoms with Gasteiger partial charge in [-0.1, -0.05) is 60.7 Å². The van der Waals surface area contributed by atoms with Crippen LogP contribution in [0.25, 0.3) is 0 Å². The van der Waals surface area contributed by atoms with Crippen molar-refractivity contribution in [2.75, 3.05) is 0 Å². The van der Waals surface area contributed by atoms with Crippen LogP contribution < -0.4 is 0 Å². The smallest absolute Gasteiger partial charge is 0.341 e. The number of nitrogens with zero attached hydrogens (tertiary/aromatic N) is 1. The lowest BCUT2D eigenvalue weighted by atomic mass is 10.1. The van der Waals surface area contributed by atoms with E-state index in [2.05, 4.69) is 0 Å². The van der Waals surface area contributed by atoms with Crippen LogP contribution in [-0.4, -0.2) is 22.9 Å². The molecule has 0 aliphatic carbocycles. The summed E-state index contributed by atoms with van der Waals surface area (Å²) in [6.45, 7) is 2.08.